The molecule has 0 unspecified atom stereocenters. The van der Waals surface area contributed by atoms with Crippen LogP contribution in [0.1, 0.15) is 36.9 Å². The summed E-state index contributed by atoms with van der Waals surface area (Å²) in [4.78, 5) is 39.1. The number of para-hydroxylation sites is 1. The van der Waals surface area contributed by atoms with Crippen LogP contribution in [-0.4, -0.2) is 31.0 Å². The molecule has 0 spiro atoms. The second-order valence-electron chi connectivity index (χ2n) is 7.41. The third-order valence-corrected chi connectivity index (χ3v) is 5.36. The first-order valence-electron chi connectivity index (χ1n) is 9.85. The van der Waals surface area contributed by atoms with E-state index in [0.29, 0.717) is 23.4 Å². The van der Waals surface area contributed by atoms with Gasteiger partial charge in [0, 0.05) is 17.7 Å². The minimum atomic E-state index is -1.05. The summed E-state index contributed by atoms with van der Waals surface area (Å²) in [5.74, 6) is -1.50. The number of piperidine rings is 1. The van der Waals surface area contributed by atoms with Gasteiger partial charge in [0.15, 0.2) is 6.10 Å². The molecule has 0 aromatic heterocycles. The Morgan fingerprint density at radius 2 is 1.80 bits per heavy atom. The molecule has 0 saturated carbocycles. The maximum absolute atomic E-state index is 13.0. The zero-order valence-electron chi connectivity index (χ0n) is 17.3. The molecule has 2 aromatic rings. The monoisotopic (exact) mass is 410 g/mol. The lowest BCUT2D eigenvalue weighted by Crippen LogP contribution is -2.47. The Labute approximate surface area is 175 Å². The number of carbonyl (C=O) groups excluding carboxylic acids is 3. The van der Waals surface area contributed by atoms with Gasteiger partial charge >= 0.3 is 5.97 Å². The Bertz CT molecular complexity index is 941. The third kappa shape index (κ3) is 4.30. The van der Waals surface area contributed by atoms with Crippen LogP contribution < -0.4 is 15.4 Å². The molecule has 1 aliphatic heterocycles. The minimum absolute atomic E-state index is 0.0956. The number of nitrogens with two attached hydrogens (primary N) is 1. The highest BCUT2D eigenvalue weighted by Crippen LogP contribution is 2.43. The second-order valence-corrected chi connectivity index (χ2v) is 7.41. The van der Waals surface area contributed by atoms with E-state index in [1.807, 2.05) is 49.4 Å². The SMILES string of the molecule is COc1ccccc1[C@@H]1[C@@H](C(=O)O[C@@H](C)C(N)=O)CCC(=O)N1c1ccc(C)cc1. The van der Waals surface area contributed by atoms with Crippen molar-refractivity contribution in [2.75, 3.05) is 12.0 Å². The Morgan fingerprint density at radius 3 is 2.43 bits per heavy atom. The van der Waals surface area contributed by atoms with E-state index >= 15 is 0 Å². The lowest BCUT2D eigenvalue weighted by atomic mass is 9.83. The van der Waals surface area contributed by atoms with Crippen molar-refractivity contribution in [3.05, 3.63) is 59.7 Å². The van der Waals surface area contributed by atoms with Crippen LogP contribution in [0.4, 0.5) is 5.69 Å². The van der Waals surface area contributed by atoms with Gasteiger partial charge < -0.3 is 20.1 Å². The molecule has 1 heterocycles. The van der Waals surface area contributed by atoms with E-state index in [2.05, 4.69) is 0 Å². The largest absolute Gasteiger partial charge is 0.496 e. The molecular formula is C23H26N2O5. The molecule has 158 valence electrons. The lowest BCUT2D eigenvalue weighted by molar-refractivity contribution is -0.159. The van der Waals surface area contributed by atoms with E-state index < -0.39 is 29.9 Å². The topological polar surface area (TPSA) is 98.9 Å². The number of benzene rings is 2. The van der Waals surface area contributed by atoms with E-state index in [4.69, 9.17) is 15.2 Å². The molecule has 1 aliphatic rings. The smallest absolute Gasteiger partial charge is 0.312 e. The summed E-state index contributed by atoms with van der Waals surface area (Å²) >= 11 is 0. The Kier molecular flexibility index (Phi) is 6.40. The normalized spacial score (nSPS) is 19.8. The minimum Gasteiger partial charge on any atom is -0.496 e. The summed E-state index contributed by atoms with van der Waals surface area (Å²) in [7, 11) is 1.54. The fourth-order valence-electron chi connectivity index (χ4n) is 3.74. The average molecular weight is 410 g/mol. The number of primary amides is 1. The number of amides is 2. The summed E-state index contributed by atoms with van der Waals surface area (Å²) in [5.41, 5.74) is 7.70. The van der Waals surface area contributed by atoms with Crippen LogP contribution >= 0.6 is 0 Å². The number of hydrogen-bond donors (Lipinski definition) is 1. The molecule has 2 N–H and O–H groups in total. The standard InChI is InChI=1S/C23H26N2O5/c1-14-8-10-16(11-9-14)25-20(26)13-12-18(23(28)30-15(2)22(24)27)21(25)17-6-4-5-7-19(17)29-3/h4-11,15,18,21H,12-13H2,1-3H3,(H2,24,27)/t15-,18-,21+/m0/s1. The van der Waals surface area contributed by atoms with Crippen molar-refractivity contribution in [3.8, 4) is 5.75 Å². The van der Waals surface area contributed by atoms with E-state index in [0.717, 1.165) is 5.56 Å². The van der Waals surface area contributed by atoms with Crippen molar-refractivity contribution < 1.29 is 23.9 Å². The molecule has 2 amide bonds. The molecule has 3 rings (SSSR count). The van der Waals surface area contributed by atoms with Gasteiger partial charge in [-0.3, -0.25) is 14.4 Å². The number of carbonyl (C=O) groups is 3. The fraction of sp³-hybridized carbons (Fsp3) is 0.348. The Balaban J connectivity index is 2.09. The van der Waals surface area contributed by atoms with Gasteiger partial charge in [-0.2, -0.15) is 0 Å². The number of esters is 1. The van der Waals surface area contributed by atoms with Crippen molar-refractivity contribution >= 4 is 23.5 Å². The third-order valence-electron chi connectivity index (χ3n) is 5.36. The first kappa shape index (κ1) is 21.4. The van der Waals surface area contributed by atoms with Gasteiger partial charge in [0.2, 0.25) is 5.91 Å². The maximum Gasteiger partial charge on any atom is 0.312 e. The van der Waals surface area contributed by atoms with Gasteiger partial charge in [-0.25, -0.2) is 0 Å². The van der Waals surface area contributed by atoms with Crippen LogP contribution in [0.15, 0.2) is 48.5 Å². The molecule has 0 radical (unpaired) electrons. The number of hydrogen-bond acceptors (Lipinski definition) is 5. The number of nitrogens with zero attached hydrogens (tertiary/aromatic N) is 1. The van der Waals surface area contributed by atoms with Gasteiger partial charge in [-0.1, -0.05) is 35.9 Å². The molecule has 0 bridgehead atoms. The van der Waals surface area contributed by atoms with Crippen molar-refractivity contribution in [2.24, 2.45) is 11.7 Å². The van der Waals surface area contributed by atoms with E-state index in [1.165, 1.54) is 6.92 Å². The summed E-state index contributed by atoms with van der Waals surface area (Å²) in [6.45, 7) is 3.40. The van der Waals surface area contributed by atoms with Gasteiger partial charge in [-0.05, 0) is 38.5 Å². The summed E-state index contributed by atoms with van der Waals surface area (Å²) in [6, 6.07) is 14.2. The molecule has 1 fully saturated rings. The molecule has 7 heteroatoms. The number of methoxy groups -OCH3 is 1. The predicted molar refractivity (Wildman–Crippen MR) is 112 cm³/mol. The van der Waals surface area contributed by atoms with Gasteiger partial charge in [-0.15, -0.1) is 0 Å². The van der Waals surface area contributed by atoms with Crippen LogP contribution in [0, 0.1) is 12.8 Å². The molecule has 30 heavy (non-hydrogen) atoms. The average Bonchev–Trinajstić information content (AvgIpc) is 2.74. The number of aryl methyl sites for hydroxylation is 1. The number of ether oxygens (including phenoxy) is 2. The van der Waals surface area contributed by atoms with Crippen LogP contribution in [0.3, 0.4) is 0 Å². The highest BCUT2D eigenvalue weighted by molar-refractivity contribution is 5.97. The lowest BCUT2D eigenvalue weighted by Gasteiger charge is -2.41. The van der Waals surface area contributed by atoms with Crippen molar-refractivity contribution in [3.63, 3.8) is 0 Å². The van der Waals surface area contributed by atoms with Crippen molar-refractivity contribution in [1.29, 1.82) is 0 Å². The van der Waals surface area contributed by atoms with E-state index in [1.54, 1.807) is 18.1 Å². The fourth-order valence-corrected chi connectivity index (χ4v) is 3.74. The highest BCUT2D eigenvalue weighted by atomic mass is 16.5. The quantitative estimate of drug-likeness (QED) is 0.738. The van der Waals surface area contributed by atoms with E-state index in [9.17, 15) is 14.4 Å². The van der Waals surface area contributed by atoms with Crippen LogP contribution in [0.5, 0.6) is 5.75 Å². The summed E-state index contributed by atoms with van der Waals surface area (Å²) < 4.78 is 10.8. The van der Waals surface area contributed by atoms with Crippen LogP contribution in [-0.2, 0) is 19.1 Å². The number of anilines is 1. The molecule has 3 atom stereocenters. The summed E-state index contributed by atoms with van der Waals surface area (Å²) in [6.07, 6.45) is -0.570. The van der Waals surface area contributed by atoms with Gasteiger partial charge in [0.1, 0.15) is 5.75 Å². The maximum atomic E-state index is 13.0. The molecular weight excluding hydrogens is 384 g/mol. The number of rotatable bonds is 6. The van der Waals surface area contributed by atoms with Gasteiger partial charge in [0.25, 0.3) is 5.91 Å². The molecule has 2 aromatic carbocycles. The first-order chi connectivity index (χ1) is 14.3. The Morgan fingerprint density at radius 1 is 1.13 bits per heavy atom. The summed E-state index contributed by atoms with van der Waals surface area (Å²) in [5, 5.41) is 0. The van der Waals surface area contributed by atoms with Crippen LogP contribution in [0.2, 0.25) is 0 Å². The van der Waals surface area contributed by atoms with Crippen molar-refractivity contribution in [2.45, 2.75) is 38.8 Å². The van der Waals surface area contributed by atoms with Crippen LogP contribution in [0.25, 0.3) is 0 Å². The second kappa shape index (κ2) is 8.98. The molecule has 7 nitrogen and oxygen atoms in total. The zero-order chi connectivity index (χ0) is 21.8. The molecule has 1 saturated heterocycles. The van der Waals surface area contributed by atoms with E-state index in [-0.39, 0.29) is 12.3 Å². The highest BCUT2D eigenvalue weighted by Gasteiger charge is 2.44. The van der Waals surface area contributed by atoms with Crippen molar-refractivity contribution in [1.82, 2.24) is 0 Å². The van der Waals surface area contributed by atoms with Gasteiger partial charge in [0.05, 0.1) is 19.1 Å². The molecule has 0 aliphatic carbocycles. The Hall–Kier alpha value is -3.35. The first-order valence-corrected chi connectivity index (χ1v) is 9.85. The zero-order valence-corrected chi connectivity index (χ0v) is 17.3. The predicted octanol–water partition coefficient (Wildman–Crippen LogP) is 2.90.